The second-order valence-corrected chi connectivity index (χ2v) is 5.60. The number of nitrogens with one attached hydrogen (secondary N) is 1. The second-order valence-electron chi connectivity index (χ2n) is 5.60. The van der Waals surface area contributed by atoms with Gasteiger partial charge in [-0.25, -0.2) is 0 Å². The van der Waals surface area contributed by atoms with Crippen LogP contribution in [0.4, 0.5) is 0 Å². The van der Waals surface area contributed by atoms with Crippen LogP contribution >= 0.6 is 0 Å². The van der Waals surface area contributed by atoms with Crippen molar-refractivity contribution >= 4 is 5.91 Å². The highest BCUT2D eigenvalue weighted by molar-refractivity contribution is 5.94. The Kier molecular flexibility index (Phi) is 4.10. The van der Waals surface area contributed by atoms with Gasteiger partial charge in [-0.1, -0.05) is 12.8 Å². The van der Waals surface area contributed by atoms with E-state index in [0.717, 1.165) is 12.8 Å². The zero-order valence-electron chi connectivity index (χ0n) is 11.4. The quantitative estimate of drug-likeness (QED) is 0.776. The van der Waals surface area contributed by atoms with Gasteiger partial charge in [0.05, 0.1) is 0 Å². The Morgan fingerprint density at radius 3 is 2.68 bits per heavy atom. The van der Waals surface area contributed by atoms with E-state index in [0.29, 0.717) is 24.2 Å². The summed E-state index contributed by atoms with van der Waals surface area (Å²) in [5.74, 6) is 0.119. The summed E-state index contributed by atoms with van der Waals surface area (Å²) in [6.45, 7) is 3.05. The molecule has 0 aliphatic heterocycles. The molecule has 0 unspecified atom stereocenters. The fourth-order valence-electron chi connectivity index (χ4n) is 2.74. The van der Waals surface area contributed by atoms with Crippen LogP contribution in [-0.2, 0) is 0 Å². The third-order valence-electron chi connectivity index (χ3n) is 4.18. The molecule has 0 spiro atoms. The maximum absolute atomic E-state index is 12.1. The summed E-state index contributed by atoms with van der Waals surface area (Å²) >= 11 is 0. The van der Waals surface area contributed by atoms with Crippen molar-refractivity contribution in [1.29, 1.82) is 0 Å². The van der Waals surface area contributed by atoms with E-state index >= 15 is 0 Å². The van der Waals surface area contributed by atoms with Gasteiger partial charge in [-0.15, -0.1) is 0 Å². The van der Waals surface area contributed by atoms with Gasteiger partial charge in [0.15, 0.2) is 0 Å². The first-order chi connectivity index (χ1) is 9.06. The molecule has 104 valence electrons. The lowest BCUT2D eigenvalue weighted by atomic mass is 9.86. The van der Waals surface area contributed by atoms with E-state index in [2.05, 4.69) is 5.32 Å². The van der Waals surface area contributed by atoms with Gasteiger partial charge in [0.2, 0.25) is 0 Å². The lowest BCUT2D eigenvalue weighted by Crippen LogP contribution is -2.40. The van der Waals surface area contributed by atoms with Crippen LogP contribution in [0.25, 0.3) is 0 Å². The number of nitrogens with two attached hydrogens (primary N) is 1. The number of phenolic OH excluding ortho intramolecular Hbond substituents is 1. The summed E-state index contributed by atoms with van der Waals surface area (Å²) in [7, 11) is 0. The van der Waals surface area contributed by atoms with Crippen LogP contribution in [0, 0.1) is 12.3 Å². The smallest absolute Gasteiger partial charge is 0.251 e. The number of hydrogen-bond acceptors (Lipinski definition) is 3. The number of phenols is 1. The molecule has 0 atom stereocenters. The van der Waals surface area contributed by atoms with Crippen molar-refractivity contribution in [1.82, 2.24) is 5.32 Å². The minimum atomic E-state index is -0.0946. The van der Waals surface area contributed by atoms with Crippen molar-refractivity contribution in [3.8, 4) is 5.75 Å². The third kappa shape index (κ3) is 3.07. The van der Waals surface area contributed by atoms with E-state index in [9.17, 15) is 9.90 Å². The largest absolute Gasteiger partial charge is 0.508 e. The summed E-state index contributed by atoms with van der Waals surface area (Å²) < 4.78 is 0. The second kappa shape index (κ2) is 5.61. The molecule has 2 rings (SSSR count). The molecule has 0 heterocycles. The maximum atomic E-state index is 12.1. The highest BCUT2D eigenvalue weighted by Gasteiger charge is 2.32. The van der Waals surface area contributed by atoms with Gasteiger partial charge in [-0.05, 0) is 55.5 Å². The molecule has 1 amide bonds. The highest BCUT2D eigenvalue weighted by Crippen LogP contribution is 2.36. The van der Waals surface area contributed by atoms with E-state index in [-0.39, 0.29) is 17.1 Å². The molecule has 4 nitrogen and oxygen atoms in total. The Labute approximate surface area is 114 Å². The van der Waals surface area contributed by atoms with Gasteiger partial charge in [-0.3, -0.25) is 4.79 Å². The molecular weight excluding hydrogens is 240 g/mol. The van der Waals surface area contributed by atoms with Crippen molar-refractivity contribution in [3.63, 3.8) is 0 Å². The fraction of sp³-hybridized carbons (Fsp3) is 0.533. The van der Waals surface area contributed by atoms with E-state index in [1.165, 1.54) is 12.8 Å². The molecule has 1 aromatic rings. The van der Waals surface area contributed by atoms with E-state index < -0.39 is 0 Å². The lowest BCUT2D eigenvalue weighted by Gasteiger charge is -2.27. The first kappa shape index (κ1) is 13.9. The number of benzene rings is 1. The number of carbonyl (C=O) groups is 1. The number of rotatable bonds is 4. The van der Waals surface area contributed by atoms with Crippen molar-refractivity contribution in [3.05, 3.63) is 29.3 Å². The molecule has 1 saturated carbocycles. The summed E-state index contributed by atoms with van der Waals surface area (Å²) in [5, 5.41) is 12.4. The minimum absolute atomic E-state index is 0.0849. The monoisotopic (exact) mass is 262 g/mol. The SMILES string of the molecule is Cc1cc(C(=O)NCC2(CN)CCCC2)ccc1O. The topological polar surface area (TPSA) is 75.4 Å². The van der Waals surface area contributed by atoms with Crippen LogP contribution in [0.5, 0.6) is 5.75 Å². The Morgan fingerprint density at radius 1 is 1.42 bits per heavy atom. The Morgan fingerprint density at radius 2 is 2.11 bits per heavy atom. The van der Waals surface area contributed by atoms with Crippen LogP contribution in [0.2, 0.25) is 0 Å². The molecule has 1 aliphatic rings. The van der Waals surface area contributed by atoms with Gasteiger partial charge in [0, 0.05) is 12.1 Å². The van der Waals surface area contributed by atoms with E-state index in [1.807, 2.05) is 0 Å². The number of hydrogen-bond donors (Lipinski definition) is 3. The van der Waals surface area contributed by atoms with Crippen LogP contribution in [0.3, 0.4) is 0 Å². The zero-order chi connectivity index (χ0) is 13.9. The van der Waals surface area contributed by atoms with Gasteiger partial charge in [0.25, 0.3) is 5.91 Å². The molecular formula is C15H22N2O2. The molecule has 1 aromatic carbocycles. The summed E-state index contributed by atoms with van der Waals surface area (Å²) in [5.41, 5.74) is 7.23. The summed E-state index contributed by atoms with van der Waals surface area (Å²) in [4.78, 5) is 12.1. The van der Waals surface area contributed by atoms with Gasteiger partial charge < -0.3 is 16.2 Å². The molecule has 0 radical (unpaired) electrons. The molecule has 1 aliphatic carbocycles. The molecule has 0 aromatic heterocycles. The summed E-state index contributed by atoms with van der Waals surface area (Å²) in [6, 6.07) is 4.90. The number of amides is 1. The van der Waals surface area contributed by atoms with Crippen LogP contribution < -0.4 is 11.1 Å². The van der Waals surface area contributed by atoms with E-state index in [4.69, 9.17) is 5.73 Å². The highest BCUT2D eigenvalue weighted by atomic mass is 16.3. The molecule has 1 fully saturated rings. The Hall–Kier alpha value is -1.55. The van der Waals surface area contributed by atoms with Crippen LogP contribution in [-0.4, -0.2) is 24.1 Å². The predicted octanol–water partition coefficient (Wildman–Crippen LogP) is 1.95. The van der Waals surface area contributed by atoms with Crippen LogP contribution in [0.1, 0.15) is 41.6 Å². The standard InChI is InChI=1S/C15H22N2O2/c1-11-8-12(4-5-13(11)18)14(19)17-10-15(9-16)6-2-3-7-15/h4-5,8,18H,2-3,6-7,9-10,16H2,1H3,(H,17,19). The van der Waals surface area contributed by atoms with Gasteiger partial charge in [-0.2, -0.15) is 0 Å². The maximum Gasteiger partial charge on any atom is 0.251 e. The first-order valence-corrected chi connectivity index (χ1v) is 6.84. The predicted molar refractivity (Wildman–Crippen MR) is 75.1 cm³/mol. The zero-order valence-corrected chi connectivity index (χ0v) is 11.4. The molecule has 19 heavy (non-hydrogen) atoms. The fourth-order valence-corrected chi connectivity index (χ4v) is 2.74. The van der Waals surface area contributed by atoms with Crippen LogP contribution in [0.15, 0.2) is 18.2 Å². The summed E-state index contributed by atoms with van der Waals surface area (Å²) in [6.07, 6.45) is 4.59. The van der Waals surface area contributed by atoms with Gasteiger partial charge >= 0.3 is 0 Å². The number of aryl methyl sites for hydroxylation is 1. The van der Waals surface area contributed by atoms with Gasteiger partial charge in [0.1, 0.15) is 5.75 Å². The molecule has 4 heteroatoms. The number of carbonyl (C=O) groups excluding carboxylic acids is 1. The Balaban J connectivity index is 1.99. The van der Waals surface area contributed by atoms with E-state index in [1.54, 1.807) is 25.1 Å². The molecule has 0 bridgehead atoms. The van der Waals surface area contributed by atoms with Crippen molar-refractivity contribution in [2.75, 3.05) is 13.1 Å². The lowest BCUT2D eigenvalue weighted by molar-refractivity contribution is 0.0932. The van der Waals surface area contributed by atoms with Crippen molar-refractivity contribution in [2.24, 2.45) is 11.1 Å². The molecule has 0 saturated heterocycles. The average Bonchev–Trinajstić information content (AvgIpc) is 2.89. The third-order valence-corrected chi connectivity index (χ3v) is 4.18. The average molecular weight is 262 g/mol. The van der Waals surface area contributed by atoms with Crippen molar-refractivity contribution in [2.45, 2.75) is 32.6 Å². The number of aromatic hydroxyl groups is 1. The first-order valence-electron chi connectivity index (χ1n) is 6.84. The van der Waals surface area contributed by atoms with Crippen molar-refractivity contribution < 1.29 is 9.90 Å². The minimum Gasteiger partial charge on any atom is -0.508 e. The normalized spacial score (nSPS) is 17.4. The Bertz CT molecular complexity index is 465. The molecule has 4 N–H and O–H groups in total.